The lowest BCUT2D eigenvalue weighted by Crippen LogP contribution is -2.00. The second kappa shape index (κ2) is 11.2. The molecule has 0 atom stereocenters. The Labute approximate surface area is 204 Å². The van der Waals surface area contributed by atoms with Crippen molar-refractivity contribution < 1.29 is 14.3 Å². The fourth-order valence-electron chi connectivity index (χ4n) is 2.94. The average molecular weight is 540 g/mol. The fraction of sp³-hybridized carbons (Fsp3) is 0.208. The van der Waals surface area contributed by atoms with Crippen LogP contribution in [0.4, 0.5) is 0 Å². The van der Waals surface area contributed by atoms with Crippen LogP contribution in [-0.2, 0) is 13.0 Å². The van der Waals surface area contributed by atoms with Gasteiger partial charge in [0.2, 0.25) is 0 Å². The van der Waals surface area contributed by atoms with Crippen molar-refractivity contribution >= 4 is 62.3 Å². The molecule has 3 nitrogen and oxygen atoms in total. The maximum absolute atomic E-state index is 12.7. The molecule has 3 aromatic rings. The highest BCUT2D eigenvalue weighted by molar-refractivity contribution is 9.10. The predicted octanol–water partition coefficient (Wildman–Crippen LogP) is 8.25. The Morgan fingerprint density at radius 1 is 1.16 bits per heavy atom. The Morgan fingerprint density at radius 2 is 1.97 bits per heavy atom. The number of ether oxygens (including phenoxy) is 2. The normalized spacial score (nSPS) is 11.1. The van der Waals surface area contributed by atoms with Crippen LogP contribution in [0.25, 0.3) is 6.08 Å². The van der Waals surface area contributed by atoms with Gasteiger partial charge in [0.1, 0.15) is 6.61 Å². The molecule has 0 amide bonds. The summed E-state index contributed by atoms with van der Waals surface area (Å²) in [4.78, 5) is 14.6. The van der Waals surface area contributed by atoms with Gasteiger partial charge in [0.05, 0.1) is 22.0 Å². The number of hydrogen-bond donors (Lipinski definition) is 0. The first-order valence-corrected chi connectivity index (χ1v) is 12.0. The van der Waals surface area contributed by atoms with Crippen LogP contribution in [-0.4, -0.2) is 12.9 Å². The van der Waals surface area contributed by atoms with Gasteiger partial charge in [0, 0.05) is 14.9 Å². The van der Waals surface area contributed by atoms with Crippen LogP contribution in [0, 0.1) is 0 Å². The summed E-state index contributed by atoms with van der Waals surface area (Å²) >= 11 is 17.1. The zero-order valence-electron chi connectivity index (χ0n) is 17.1. The third-order valence-corrected chi connectivity index (χ3v) is 7.41. The highest BCUT2D eigenvalue weighted by Crippen LogP contribution is 2.34. The van der Waals surface area contributed by atoms with E-state index in [2.05, 4.69) is 22.9 Å². The van der Waals surface area contributed by atoms with Crippen molar-refractivity contribution in [2.75, 3.05) is 7.11 Å². The molecule has 0 unspecified atom stereocenters. The van der Waals surface area contributed by atoms with E-state index >= 15 is 0 Å². The minimum Gasteiger partial charge on any atom is -0.493 e. The third-order valence-electron chi connectivity index (χ3n) is 4.49. The van der Waals surface area contributed by atoms with E-state index in [1.54, 1.807) is 31.4 Å². The molecule has 7 heteroatoms. The molecule has 2 aromatic carbocycles. The lowest BCUT2D eigenvalue weighted by Gasteiger charge is -2.13. The van der Waals surface area contributed by atoms with Gasteiger partial charge in [-0.1, -0.05) is 54.7 Å². The molecule has 0 saturated heterocycles. The lowest BCUT2D eigenvalue weighted by atomic mass is 10.1. The number of benzene rings is 2. The van der Waals surface area contributed by atoms with Crippen molar-refractivity contribution in [3.05, 3.63) is 83.9 Å². The molecule has 1 aromatic heterocycles. The van der Waals surface area contributed by atoms with Crippen molar-refractivity contribution in [3.8, 4) is 11.5 Å². The van der Waals surface area contributed by atoms with Crippen LogP contribution in [0.5, 0.6) is 11.5 Å². The number of methoxy groups -OCH3 is 1. The van der Waals surface area contributed by atoms with Crippen molar-refractivity contribution in [3.63, 3.8) is 0 Å². The SMILES string of the molecule is CCCc1sc(C(=O)/C=C/c2cccc(OC)c2OCc2ccc(Cl)c(Cl)c2)cc1Br. The molecule has 0 fully saturated rings. The number of carbonyl (C=O) groups is 1. The molecule has 0 aliphatic carbocycles. The van der Waals surface area contributed by atoms with Crippen LogP contribution in [0.2, 0.25) is 10.0 Å². The van der Waals surface area contributed by atoms with Crippen molar-refractivity contribution in [1.82, 2.24) is 0 Å². The number of hydrogen-bond acceptors (Lipinski definition) is 4. The number of para-hydroxylation sites is 1. The maximum atomic E-state index is 12.7. The summed E-state index contributed by atoms with van der Waals surface area (Å²) in [5.74, 6) is 1.09. The standard InChI is InChI=1S/C24H21BrCl2O3S/c1-3-5-22-17(25)13-23(31-22)20(28)11-9-16-6-4-7-21(29-2)24(16)30-14-15-8-10-18(26)19(27)12-15/h4,6-13H,3,5,14H2,1-2H3/b11-9+. The van der Waals surface area contributed by atoms with Crippen LogP contribution < -0.4 is 9.47 Å². The molecule has 0 aliphatic heterocycles. The van der Waals surface area contributed by atoms with Gasteiger partial charge in [0.25, 0.3) is 0 Å². The molecule has 0 bridgehead atoms. The molecule has 162 valence electrons. The van der Waals surface area contributed by atoms with Crippen molar-refractivity contribution in [2.24, 2.45) is 0 Å². The minimum absolute atomic E-state index is 0.0497. The molecular formula is C24H21BrCl2O3S. The summed E-state index contributed by atoms with van der Waals surface area (Å²) in [5.41, 5.74) is 1.62. The number of carbonyl (C=O) groups excluding carboxylic acids is 1. The Balaban J connectivity index is 1.81. The van der Waals surface area contributed by atoms with Crippen molar-refractivity contribution in [2.45, 2.75) is 26.4 Å². The monoisotopic (exact) mass is 538 g/mol. The van der Waals surface area contributed by atoms with Crippen molar-refractivity contribution in [1.29, 1.82) is 0 Å². The summed E-state index contributed by atoms with van der Waals surface area (Å²) < 4.78 is 12.5. The van der Waals surface area contributed by atoms with E-state index in [4.69, 9.17) is 32.7 Å². The first kappa shape index (κ1) is 23.9. The Bertz CT molecular complexity index is 1110. The van der Waals surface area contributed by atoms with E-state index in [1.807, 2.05) is 30.3 Å². The van der Waals surface area contributed by atoms with Gasteiger partial charge < -0.3 is 9.47 Å². The largest absolute Gasteiger partial charge is 0.493 e. The summed E-state index contributed by atoms with van der Waals surface area (Å²) in [7, 11) is 1.58. The maximum Gasteiger partial charge on any atom is 0.195 e. The molecule has 0 spiro atoms. The number of halogens is 3. The Kier molecular flexibility index (Phi) is 8.61. The second-order valence-corrected chi connectivity index (χ2v) is 9.55. The summed E-state index contributed by atoms with van der Waals surface area (Å²) in [6, 6.07) is 12.8. The number of rotatable bonds is 9. The number of aryl methyl sites for hydroxylation is 1. The summed E-state index contributed by atoms with van der Waals surface area (Å²) in [6.07, 6.45) is 5.30. The third kappa shape index (κ3) is 6.13. The Hall–Kier alpha value is -1.79. The van der Waals surface area contributed by atoms with Gasteiger partial charge in [-0.3, -0.25) is 4.79 Å². The van der Waals surface area contributed by atoms with E-state index in [0.29, 0.717) is 26.4 Å². The van der Waals surface area contributed by atoms with E-state index in [9.17, 15) is 4.79 Å². The Morgan fingerprint density at radius 3 is 2.68 bits per heavy atom. The van der Waals surface area contributed by atoms with Gasteiger partial charge in [-0.2, -0.15) is 0 Å². The van der Waals surface area contributed by atoms with Gasteiger partial charge in [-0.15, -0.1) is 11.3 Å². The van der Waals surface area contributed by atoms with Crippen LogP contribution in [0.15, 0.2) is 53.0 Å². The zero-order chi connectivity index (χ0) is 22.4. The molecule has 3 rings (SSSR count). The topological polar surface area (TPSA) is 35.5 Å². The summed E-state index contributed by atoms with van der Waals surface area (Å²) in [6.45, 7) is 2.40. The molecule has 1 heterocycles. The molecule has 0 radical (unpaired) electrons. The second-order valence-electron chi connectivity index (χ2n) is 6.75. The zero-order valence-corrected chi connectivity index (χ0v) is 21.0. The first-order chi connectivity index (χ1) is 14.9. The van der Waals surface area contributed by atoms with Gasteiger partial charge in [-0.25, -0.2) is 0 Å². The molecule has 0 N–H and O–H groups in total. The lowest BCUT2D eigenvalue weighted by molar-refractivity contribution is 0.105. The highest BCUT2D eigenvalue weighted by atomic mass is 79.9. The van der Waals surface area contributed by atoms with Gasteiger partial charge in [-0.05, 0) is 64.3 Å². The molecular weight excluding hydrogens is 519 g/mol. The van der Waals surface area contributed by atoms with Gasteiger partial charge >= 0.3 is 0 Å². The minimum atomic E-state index is -0.0497. The van der Waals surface area contributed by atoms with E-state index in [0.717, 1.165) is 28.4 Å². The fourth-order valence-corrected chi connectivity index (χ4v) is 5.15. The smallest absolute Gasteiger partial charge is 0.195 e. The van der Waals surface area contributed by atoms with Gasteiger partial charge in [0.15, 0.2) is 17.3 Å². The number of thiophene rings is 1. The van der Waals surface area contributed by atoms with Crippen LogP contribution in [0.1, 0.15) is 39.0 Å². The number of ketones is 1. The predicted molar refractivity (Wildman–Crippen MR) is 133 cm³/mol. The van der Waals surface area contributed by atoms with E-state index < -0.39 is 0 Å². The highest BCUT2D eigenvalue weighted by Gasteiger charge is 2.13. The first-order valence-electron chi connectivity index (χ1n) is 9.67. The number of allylic oxidation sites excluding steroid dienone is 1. The van der Waals surface area contributed by atoms with E-state index in [-0.39, 0.29) is 12.4 Å². The van der Waals surface area contributed by atoms with E-state index in [1.165, 1.54) is 16.2 Å². The molecule has 0 saturated carbocycles. The quantitative estimate of drug-likeness (QED) is 0.203. The molecule has 31 heavy (non-hydrogen) atoms. The van der Waals surface area contributed by atoms with Crippen LogP contribution in [0.3, 0.4) is 0 Å². The summed E-state index contributed by atoms with van der Waals surface area (Å²) in [5, 5.41) is 0.963. The van der Waals surface area contributed by atoms with Crippen LogP contribution >= 0.6 is 50.5 Å². The average Bonchev–Trinajstić information content (AvgIpc) is 3.13. The molecule has 0 aliphatic rings.